The summed E-state index contributed by atoms with van der Waals surface area (Å²) in [5.41, 5.74) is 2.19. The molecule has 1 aliphatic rings. The van der Waals surface area contributed by atoms with Crippen LogP contribution in [-0.4, -0.2) is 26.6 Å². The van der Waals surface area contributed by atoms with E-state index in [1.165, 1.54) is 0 Å². The number of hydrogen-bond donors (Lipinski definition) is 2. The summed E-state index contributed by atoms with van der Waals surface area (Å²) in [6.07, 6.45) is 0.848. The van der Waals surface area contributed by atoms with Gasteiger partial charge in [-0.15, -0.1) is 0 Å². The minimum atomic E-state index is -0.0525. The van der Waals surface area contributed by atoms with E-state index in [9.17, 15) is 10.2 Å². The first kappa shape index (κ1) is 13.1. The molecule has 0 saturated carbocycles. The molecule has 4 heteroatoms. The van der Waals surface area contributed by atoms with Crippen molar-refractivity contribution in [3.05, 3.63) is 23.3 Å². The summed E-state index contributed by atoms with van der Waals surface area (Å²) in [5, 5.41) is 19.3. The van der Waals surface area contributed by atoms with Gasteiger partial charge in [0.25, 0.3) is 0 Å². The maximum absolute atomic E-state index is 9.70. The Morgan fingerprint density at radius 3 is 2.50 bits per heavy atom. The number of hydrogen-bond acceptors (Lipinski definition) is 3. The predicted molar refractivity (Wildman–Crippen MR) is 76.0 cm³/mol. The number of thiocarbonyl (C=S) groups is 1. The molecule has 3 nitrogen and oxygen atoms in total. The van der Waals surface area contributed by atoms with Gasteiger partial charge in [0.1, 0.15) is 0 Å². The van der Waals surface area contributed by atoms with E-state index in [-0.39, 0.29) is 17.5 Å². The van der Waals surface area contributed by atoms with Gasteiger partial charge < -0.3 is 15.1 Å². The van der Waals surface area contributed by atoms with Crippen molar-refractivity contribution in [2.24, 2.45) is 5.92 Å². The van der Waals surface area contributed by atoms with Gasteiger partial charge in [-0.05, 0) is 42.5 Å². The van der Waals surface area contributed by atoms with Crippen molar-refractivity contribution in [3.8, 4) is 11.5 Å². The van der Waals surface area contributed by atoms with Gasteiger partial charge in [-0.1, -0.05) is 26.1 Å². The molecule has 1 aliphatic heterocycles. The molecule has 0 spiro atoms. The molecule has 0 aromatic heterocycles. The molecule has 1 atom stereocenters. The fourth-order valence-corrected chi connectivity index (χ4v) is 2.95. The number of fused-ring (bicyclic) bond motifs is 1. The van der Waals surface area contributed by atoms with Crippen LogP contribution in [0, 0.1) is 5.92 Å². The number of rotatable bonds is 1. The van der Waals surface area contributed by atoms with Crippen LogP contribution in [0.5, 0.6) is 11.5 Å². The zero-order valence-electron chi connectivity index (χ0n) is 11.0. The smallest absolute Gasteiger partial charge is 0.157 e. The van der Waals surface area contributed by atoms with Crippen LogP contribution in [0.15, 0.2) is 12.1 Å². The molecule has 0 saturated heterocycles. The first-order valence-corrected chi connectivity index (χ1v) is 6.64. The second-order valence-corrected chi connectivity index (χ2v) is 5.78. The standard InChI is InChI=1S/C14H19NO2S/c1-8(2)14-11-7-13(17)12(16)6-10(11)4-5-15(14)9(3)18/h6-8,14,16-17H,4-5H2,1-3H3. The van der Waals surface area contributed by atoms with Crippen LogP contribution in [-0.2, 0) is 6.42 Å². The number of phenolic OH excluding ortho intramolecular Hbond substituents is 2. The van der Waals surface area contributed by atoms with Crippen LogP contribution >= 0.6 is 12.2 Å². The van der Waals surface area contributed by atoms with Gasteiger partial charge in [-0.3, -0.25) is 0 Å². The van der Waals surface area contributed by atoms with Crippen molar-refractivity contribution in [1.29, 1.82) is 0 Å². The van der Waals surface area contributed by atoms with Gasteiger partial charge in [0, 0.05) is 6.54 Å². The molecule has 0 radical (unpaired) electrons. The van der Waals surface area contributed by atoms with Crippen molar-refractivity contribution >= 4 is 17.2 Å². The van der Waals surface area contributed by atoms with Crippen LogP contribution in [0.2, 0.25) is 0 Å². The van der Waals surface area contributed by atoms with E-state index in [0.717, 1.165) is 29.1 Å². The van der Waals surface area contributed by atoms with Crippen LogP contribution in [0.3, 0.4) is 0 Å². The zero-order valence-corrected chi connectivity index (χ0v) is 11.8. The van der Waals surface area contributed by atoms with E-state index in [4.69, 9.17) is 12.2 Å². The highest BCUT2D eigenvalue weighted by molar-refractivity contribution is 7.80. The monoisotopic (exact) mass is 265 g/mol. The summed E-state index contributed by atoms with van der Waals surface area (Å²) in [6, 6.07) is 3.54. The van der Waals surface area contributed by atoms with Crippen LogP contribution in [0.25, 0.3) is 0 Å². The van der Waals surface area contributed by atoms with Crippen molar-refractivity contribution < 1.29 is 10.2 Å². The largest absolute Gasteiger partial charge is 0.504 e. The summed E-state index contributed by atoms with van der Waals surface area (Å²) >= 11 is 5.31. The third-order valence-electron chi connectivity index (χ3n) is 3.55. The van der Waals surface area contributed by atoms with Gasteiger partial charge in [0.15, 0.2) is 11.5 Å². The predicted octanol–water partition coefficient (Wildman–Crippen LogP) is 3.00. The second kappa shape index (κ2) is 4.76. The molecule has 0 amide bonds. The number of nitrogens with zero attached hydrogens (tertiary/aromatic N) is 1. The Labute approximate surface area is 113 Å². The highest BCUT2D eigenvalue weighted by atomic mass is 32.1. The summed E-state index contributed by atoms with van der Waals surface area (Å²) in [5.74, 6) is 0.304. The van der Waals surface area contributed by atoms with Crippen molar-refractivity contribution in [1.82, 2.24) is 4.90 Å². The molecule has 1 aromatic rings. The molecule has 1 unspecified atom stereocenters. The molecule has 0 fully saturated rings. The number of aromatic hydroxyl groups is 2. The first-order chi connectivity index (χ1) is 8.41. The normalized spacial score (nSPS) is 18.9. The Hall–Kier alpha value is -1.29. The maximum Gasteiger partial charge on any atom is 0.157 e. The summed E-state index contributed by atoms with van der Waals surface area (Å²) < 4.78 is 0. The number of phenols is 2. The average molecular weight is 265 g/mol. The van der Waals surface area contributed by atoms with E-state index in [2.05, 4.69) is 18.7 Å². The first-order valence-electron chi connectivity index (χ1n) is 6.23. The molecule has 98 valence electrons. The third kappa shape index (κ3) is 2.17. The second-order valence-electron chi connectivity index (χ2n) is 5.19. The Kier molecular flexibility index (Phi) is 3.48. The van der Waals surface area contributed by atoms with Gasteiger partial charge in [0.05, 0.1) is 11.0 Å². The Balaban J connectivity index is 2.52. The lowest BCUT2D eigenvalue weighted by Gasteiger charge is -2.40. The topological polar surface area (TPSA) is 43.7 Å². The Morgan fingerprint density at radius 2 is 1.94 bits per heavy atom. The Morgan fingerprint density at radius 1 is 1.33 bits per heavy atom. The van der Waals surface area contributed by atoms with Gasteiger partial charge in [0.2, 0.25) is 0 Å². The van der Waals surface area contributed by atoms with Crippen LogP contribution in [0.4, 0.5) is 0 Å². The summed E-state index contributed by atoms with van der Waals surface area (Å²) in [6.45, 7) is 7.11. The summed E-state index contributed by atoms with van der Waals surface area (Å²) in [7, 11) is 0. The molecule has 1 heterocycles. The van der Waals surface area contributed by atoms with Crippen molar-refractivity contribution in [3.63, 3.8) is 0 Å². The van der Waals surface area contributed by atoms with Crippen molar-refractivity contribution in [2.45, 2.75) is 33.2 Å². The highest BCUT2D eigenvalue weighted by Crippen LogP contribution is 2.40. The van der Waals surface area contributed by atoms with Gasteiger partial charge in [-0.2, -0.15) is 0 Å². The fraction of sp³-hybridized carbons (Fsp3) is 0.500. The molecule has 1 aromatic carbocycles. The molecule has 18 heavy (non-hydrogen) atoms. The third-order valence-corrected chi connectivity index (χ3v) is 3.78. The molecular weight excluding hydrogens is 246 g/mol. The lowest BCUT2D eigenvalue weighted by molar-refractivity contribution is 0.238. The SMILES string of the molecule is CC(=S)N1CCc2cc(O)c(O)cc2C1C(C)C. The van der Waals surface area contributed by atoms with Crippen molar-refractivity contribution in [2.75, 3.05) is 6.54 Å². The van der Waals surface area contributed by atoms with E-state index in [1.54, 1.807) is 12.1 Å². The highest BCUT2D eigenvalue weighted by Gasteiger charge is 2.30. The molecule has 2 N–H and O–H groups in total. The quantitative estimate of drug-likeness (QED) is 0.605. The zero-order chi connectivity index (χ0) is 13.4. The summed E-state index contributed by atoms with van der Waals surface area (Å²) in [4.78, 5) is 3.09. The van der Waals surface area contributed by atoms with Crippen LogP contribution < -0.4 is 0 Å². The minimum absolute atomic E-state index is 0.0382. The molecule has 0 bridgehead atoms. The lowest BCUT2D eigenvalue weighted by atomic mass is 9.86. The Bertz CT molecular complexity index is 485. The van der Waals surface area contributed by atoms with E-state index >= 15 is 0 Å². The van der Waals surface area contributed by atoms with E-state index in [1.807, 2.05) is 6.92 Å². The molecule has 2 rings (SSSR count). The lowest BCUT2D eigenvalue weighted by Crippen LogP contribution is -2.40. The average Bonchev–Trinajstić information content (AvgIpc) is 2.28. The van der Waals surface area contributed by atoms with E-state index in [0.29, 0.717) is 5.92 Å². The van der Waals surface area contributed by atoms with E-state index < -0.39 is 0 Å². The van der Waals surface area contributed by atoms with Gasteiger partial charge in [-0.25, -0.2) is 0 Å². The minimum Gasteiger partial charge on any atom is -0.504 e. The maximum atomic E-state index is 9.70. The number of benzene rings is 1. The van der Waals surface area contributed by atoms with Crippen LogP contribution in [0.1, 0.15) is 37.9 Å². The fourth-order valence-electron chi connectivity index (χ4n) is 2.75. The molecule has 0 aliphatic carbocycles. The molecular formula is C14H19NO2S. The van der Waals surface area contributed by atoms with Gasteiger partial charge >= 0.3 is 0 Å².